The Labute approximate surface area is 124 Å². The van der Waals surface area contributed by atoms with Gasteiger partial charge in [0.05, 0.1) is 6.04 Å². The molecule has 0 saturated carbocycles. The summed E-state index contributed by atoms with van der Waals surface area (Å²) in [6.45, 7) is 6.06. The molecule has 3 heterocycles. The van der Waals surface area contributed by atoms with Crippen molar-refractivity contribution in [3.05, 3.63) is 21.9 Å². The molecule has 1 aromatic heterocycles. The van der Waals surface area contributed by atoms with Crippen molar-refractivity contribution in [1.29, 1.82) is 0 Å². The van der Waals surface area contributed by atoms with Crippen LogP contribution < -0.4 is 10.6 Å². The van der Waals surface area contributed by atoms with Crippen LogP contribution in [0.4, 0.5) is 0 Å². The highest BCUT2D eigenvalue weighted by molar-refractivity contribution is 7.10. The minimum atomic E-state index is 0.0343. The smallest absolute Gasteiger partial charge is 0.237 e. The summed E-state index contributed by atoms with van der Waals surface area (Å²) in [5.74, 6) is 0.169. The second kappa shape index (κ2) is 6.24. The van der Waals surface area contributed by atoms with E-state index in [1.807, 2.05) is 11.3 Å². The molecule has 2 N–H and O–H groups in total. The molecule has 3 rings (SSSR count). The molecule has 2 aliphatic rings. The van der Waals surface area contributed by atoms with Crippen molar-refractivity contribution in [1.82, 2.24) is 15.5 Å². The average molecular weight is 293 g/mol. The van der Waals surface area contributed by atoms with E-state index in [9.17, 15) is 4.79 Å². The Balaban J connectivity index is 1.47. The van der Waals surface area contributed by atoms with E-state index < -0.39 is 0 Å². The highest BCUT2D eigenvalue weighted by Gasteiger charge is 2.24. The molecule has 110 valence electrons. The summed E-state index contributed by atoms with van der Waals surface area (Å²) in [6, 6.07) is 2.67. The monoisotopic (exact) mass is 293 g/mol. The molecule has 2 aliphatic heterocycles. The van der Waals surface area contributed by atoms with Gasteiger partial charge in [0.2, 0.25) is 5.91 Å². The third-order valence-corrected chi connectivity index (χ3v) is 5.43. The van der Waals surface area contributed by atoms with Crippen molar-refractivity contribution in [3.63, 3.8) is 0 Å². The zero-order valence-corrected chi connectivity index (χ0v) is 12.8. The summed E-state index contributed by atoms with van der Waals surface area (Å²) in [5.41, 5.74) is 1.47. The Kier molecular flexibility index (Phi) is 4.38. The molecule has 0 bridgehead atoms. The first-order valence-electron chi connectivity index (χ1n) is 7.54. The largest absolute Gasteiger partial charge is 0.353 e. The Morgan fingerprint density at radius 2 is 2.55 bits per heavy atom. The molecule has 1 saturated heterocycles. The van der Waals surface area contributed by atoms with Crippen molar-refractivity contribution in [2.24, 2.45) is 0 Å². The van der Waals surface area contributed by atoms with Gasteiger partial charge in [-0.3, -0.25) is 9.69 Å². The molecule has 0 aromatic carbocycles. The number of amides is 1. The number of hydrogen-bond acceptors (Lipinski definition) is 4. The number of nitrogens with one attached hydrogen (secondary N) is 2. The number of carbonyl (C=O) groups is 1. The van der Waals surface area contributed by atoms with E-state index in [0.29, 0.717) is 6.04 Å². The van der Waals surface area contributed by atoms with Gasteiger partial charge in [-0.1, -0.05) is 0 Å². The number of rotatable bonds is 4. The number of thiophene rings is 1. The fourth-order valence-corrected chi connectivity index (χ4v) is 3.95. The van der Waals surface area contributed by atoms with Gasteiger partial charge in [0.25, 0.3) is 0 Å². The molecule has 0 aliphatic carbocycles. The minimum absolute atomic E-state index is 0.0343. The summed E-state index contributed by atoms with van der Waals surface area (Å²) in [5, 5.41) is 8.53. The van der Waals surface area contributed by atoms with Crippen LogP contribution in [0.2, 0.25) is 0 Å². The number of nitrogens with zero attached hydrogens (tertiary/aromatic N) is 1. The number of fused-ring (bicyclic) bond motifs is 1. The highest BCUT2D eigenvalue weighted by Crippen LogP contribution is 2.24. The maximum absolute atomic E-state index is 12.0. The number of carbonyl (C=O) groups excluding carboxylic acids is 1. The first-order valence-corrected chi connectivity index (χ1v) is 8.42. The fourth-order valence-electron chi connectivity index (χ4n) is 3.06. The van der Waals surface area contributed by atoms with Crippen LogP contribution in [-0.4, -0.2) is 42.5 Å². The van der Waals surface area contributed by atoms with Crippen LogP contribution in [-0.2, 0) is 17.8 Å². The summed E-state index contributed by atoms with van der Waals surface area (Å²) in [7, 11) is 0. The summed E-state index contributed by atoms with van der Waals surface area (Å²) in [6.07, 6.45) is 3.23. The van der Waals surface area contributed by atoms with Crippen molar-refractivity contribution in [2.75, 3.05) is 19.6 Å². The van der Waals surface area contributed by atoms with Crippen molar-refractivity contribution >= 4 is 17.2 Å². The standard InChI is InChI=1S/C15H23N3OS/c1-11(9-17-15(19)13-3-2-6-16-13)18-7-4-14-12(10-18)5-8-20-14/h5,8,11,13,16H,2-4,6-7,9-10H2,1H3,(H,17,19). The van der Waals surface area contributed by atoms with Crippen LogP contribution in [0.5, 0.6) is 0 Å². The first kappa shape index (κ1) is 14.0. The lowest BCUT2D eigenvalue weighted by Gasteiger charge is -2.32. The minimum Gasteiger partial charge on any atom is -0.353 e. The van der Waals surface area contributed by atoms with Gasteiger partial charge >= 0.3 is 0 Å². The van der Waals surface area contributed by atoms with Gasteiger partial charge in [0, 0.05) is 30.6 Å². The van der Waals surface area contributed by atoms with E-state index in [2.05, 4.69) is 33.9 Å². The molecule has 5 heteroatoms. The van der Waals surface area contributed by atoms with E-state index >= 15 is 0 Å². The molecule has 1 fully saturated rings. The second-order valence-corrected chi connectivity index (χ2v) is 6.83. The van der Waals surface area contributed by atoms with Crippen molar-refractivity contribution in [3.8, 4) is 0 Å². The van der Waals surface area contributed by atoms with Gasteiger partial charge in [-0.05, 0) is 49.7 Å². The van der Waals surface area contributed by atoms with Gasteiger partial charge < -0.3 is 10.6 Å². The molecule has 2 atom stereocenters. The second-order valence-electron chi connectivity index (χ2n) is 5.83. The van der Waals surface area contributed by atoms with Crippen LogP contribution in [0.3, 0.4) is 0 Å². The van der Waals surface area contributed by atoms with Gasteiger partial charge in [-0.15, -0.1) is 11.3 Å². The van der Waals surface area contributed by atoms with E-state index in [1.165, 1.54) is 10.4 Å². The third-order valence-electron chi connectivity index (χ3n) is 4.41. The number of hydrogen-bond donors (Lipinski definition) is 2. The van der Waals surface area contributed by atoms with Gasteiger partial charge in [-0.2, -0.15) is 0 Å². The molecule has 20 heavy (non-hydrogen) atoms. The summed E-state index contributed by atoms with van der Waals surface area (Å²) >= 11 is 1.87. The molecule has 0 radical (unpaired) electrons. The van der Waals surface area contributed by atoms with E-state index in [1.54, 1.807) is 0 Å². The van der Waals surface area contributed by atoms with Crippen LogP contribution in [0.15, 0.2) is 11.4 Å². The van der Waals surface area contributed by atoms with E-state index in [4.69, 9.17) is 0 Å². The van der Waals surface area contributed by atoms with Crippen molar-refractivity contribution in [2.45, 2.75) is 44.8 Å². The Morgan fingerprint density at radius 1 is 1.65 bits per heavy atom. The van der Waals surface area contributed by atoms with Crippen LogP contribution >= 0.6 is 11.3 Å². The van der Waals surface area contributed by atoms with Gasteiger partial charge in [0.1, 0.15) is 0 Å². The summed E-state index contributed by atoms with van der Waals surface area (Å²) < 4.78 is 0. The van der Waals surface area contributed by atoms with Crippen LogP contribution in [0.1, 0.15) is 30.2 Å². The van der Waals surface area contributed by atoms with Crippen molar-refractivity contribution < 1.29 is 4.79 Å². The zero-order valence-electron chi connectivity index (χ0n) is 12.0. The lowest BCUT2D eigenvalue weighted by molar-refractivity contribution is -0.123. The van der Waals surface area contributed by atoms with E-state index in [-0.39, 0.29) is 11.9 Å². The predicted molar refractivity (Wildman–Crippen MR) is 81.9 cm³/mol. The normalized spacial score (nSPS) is 24.4. The average Bonchev–Trinajstić information content (AvgIpc) is 3.13. The molecule has 4 nitrogen and oxygen atoms in total. The maximum atomic E-state index is 12.0. The molecule has 0 spiro atoms. The molecular weight excluding hydrogens is 270 g/mol. The van der Waals surface area contributed by atoms with E-state index in [0.717, 1.165) is 45.4 Å². The first-order chi connectivity index (χ1) is 9.74. The molecular formula is C15H23N3OS. The molecule has 2 unspecified atom stereocenters. The SMILES string of the molecule is CC(CNC(=O)C1CCCN1)N1CCc2sccc2C1. The third kappa shape index (κ3) is 3.05. The highest BCUT2D eigenvalue weighted by atomic mass is 32.1. The predicted octanol–water partition coefficient (Wildman–Crippen LogP) is 1.36. The summed E-state index contributed by atoms with van der Waals surface area (Å²) in [4.78, 5) is 16.0. The fraction of sp³-hybridized carbons (Fsp3) is 0.667. The van der Waals surface area contributed by atoms with Crippen LogP contribution in [0.25, 0.3) is 0 Å². The molecule has 1 aromatic rings. The topological polar surface area (TPSA) is 44.4 Å². The Morgan fingerprint density at radius 3 is 3.35 bits per heavy atom. The Bertz CT molecular complexity index is 467. The van der Waals surface area contributed by atoms with Gasteiger partial charge in [-0.25, -0.2) is 0 Å². The lowest BCUT2D eigenvalue weighted by Crippen LogP contribution is -2.47. The quantitative estimate of drug-likeness (QED) is 0.881. The maximum Gasteiger partial charge on any atom is 0.237 e. The van der Waals surface area contributed by atoms with Crippen LogP contribution in [0, 0.1) is 0 Å². The Hall–Kier alpha value is -0.910. The lowest BCUT2D eigenvalue weighted by atomic mass is 10.1. The molecule has 1 amide bonds. The zero-order chi connectivity index (χ0) is 13.9. The van der Waals surface area contributed by atoms with Gasteiger partial charge in [0.15, 0.2) is 0 Å².